The lowest BCUT2D eigenvalue weighted by molar-refractivity contribution is 0.00714. The fourth-order valence-electron chi connectivity index (χ4n) is 4.73. The van der Waals surface area contributed by atoms with E-state index < -0.39 is 5.60 Å². The number of hydrazine groups is 1. The van der Waals surface area contributed by atoms with E-state index in [1.807, 2.05) is 32.9 Å². The van der Waals surface area contributed by atoms with Crippen LogP contribution in [0, 0.1) is 11.8 Å². The molecule has 0 bridgehead atoms. The van der Waals surface area contributed by atoms with E-state index in [2.05, 4.69) is 35.2 Å². The molecule has 10 nitrogen and oxygen atoms in total. The maximum Gasteiger partial charge on any atom is 0.424 e. The van der Waals surface area contributed by atoms with Crippen molar-refractivity contribution in [3.63, 3.8) is 0 Å². The first-order chi connectivity index (χ1) is 17.7. The monoisotopic (exact) mass is 550 g/mol. The molecule has 1 N–H and O–H groups in total. The maximum absolute atomic E-state index is 13.1. The molecular weight excluding hydrogens is 515 g/mol. The van der Waals surface area contributed by atoms with Crippen LogP contribution in [0.3, 0.4) is 0 Å². The van der Waals surface area contributed by atoms with Crippen molar-refractivity contribution in [1.29, 1.82) is 0 Å². The number of aromatic nitrogens is 4. The van der Waals surface area contributed by atoms with E-state index in [9.17, 15) is 4.79 Å². The van der Waals surface area contributed by atoms with Crippen molar-refractivity contribution in [1.82, 2.24) is 30.4 Å². The third-order valence-corrected chi connectivity index (χ3v) is 7.09. The number of nitrogens with zero attached hydrogens (tertiary/aromatic N) is 7. The summed E-state index contributed by atoms with van der Waals surface area (Å²) in [6.07, 6.45) is 6.92. The van der Waals surface area contributed by atoms with Crippen molar-refractivity contribution in [3.8, 4) is 0 Å². The van der Waals surface area contributed by atoms with Gasteiger partial charge in [-0.1, -0.05) is 0 Å². The minimum Gasteiger partial charge on any atom is -0.443 e. The zero-order valence-corrected chi connectivity index (χ0v) is 23.2. The summed E-state index contributed by atoms with van der Waals surface area (Å²) in [5, 5.41) is 2.21. The number of carbonyl (C=O) groups is 1. The van der Waals surface area contributed by atoms with E-state index in [1.54, 1.807) is 17.4 Å². The van der Waals surface area contributed by atoms with Gasteiger partial charge in [-0.3, -0.25) is 0 Å². The zero-order valence-electron chi connectivity index (χ0n) is 21.7. The molecule has 2 aromatic heterocycles. The highest BCUT2D eigenvalue weighted by atomic mass is 35.5. The Balaban J connectivity index is 1.29. The number of carbonyl (C=O) groups excluding carboxylic acids is 1. The molecule has 2 fully saturated rings. The van der Waals surface area contributed by atoms with Crippen LogP contribution in [0.4, 0.5) is 16.4 Å². The molecule has 2 aliphatic rings. The normalized spacial score (nSPS) is 17.6. The lowest BCUT2D eigenvalue weighted by Gasteiger charge is -2.37. The fourth-order valence-corrected chi connectivity index (χ4v) is 5.02. The van der Waals surface area contributed by atoms with Crippen LogP contribution in [0.25, 0.3) is 0 Å². The van der Waals surface area contributed by atoms with E-state index in [0.717, 1.165) is 70.0 Å². The second-order valence-electron chi connectivity index (χ2n) is 10.7. The van der Waals surface area contributed by atoms with Crippen molar-refractivity contribution < 1.29 is 9.53 Å². The Morgan fingerprint density at radius 3 is 1.89 bits per heavy atom. The first kappa shape index (κ1) is 27.6. The van der Waals surface area contributed by atoms with Crippen LogP contribution < -0.4 is 15.2 Å². The van der Waals surface area contributed by atoms with Crippen molar-refractivity contribution in [2.75, 3.05) is 49.1 Å². The molecule has 2 aromatic rings. The number of hydrogen-bond donors (Lipinski definition) is 1. The molecule has 2 saturated heterocycles. The summed E-state index contributed by atoms with van der Waals surface area (Å²) in [7, 11) is 0. The van der Waals surface area contributed by atoms with E-state index >= 15 is 0 Å². The Kier molecular flexibility index (Phi) is 9.26. The second kappa shape index (κ2) is 12.4. The minimum atomic E-state index is -0.559. The number of ether oxygens (including phenoxy) is 1. The molecule has 4 rings (SSSR count). The van der Waals surface area contributed by atoms with Crippen LogP contribution >= 0.6 is 23.2 Å². The first-order valence-corrected chi connectivity index (χ1v) is 13.6. The van der Waals surface area contributed by atoms with Crippen LogP contribution in [-0.2, 0) is 4.74 Å². The lowest BCUT2D eigenvalue weighted by atomic mass is 9.96. The van der Waals surface area contributed by atoms with Gasteiger partial charge in [-0.15, -0.1) is 0 Å². The Hall–Kier alpha value is -2.43. The average Bonchev–Trinajstić information content (AvgIpc) is 2.86. The van der Waals surface area contributed by atoms with Crippen molar-refractivity contribution in [3.05, 3.63) is 35.1 Å². The Labute approximate surface area is 228 Å². The number of piperidine rings is 2. The topological polar surface area (TPSA) is 99.6 Å². The lowest BCUT2D eigenvalue weighted by Crippen LogP contribution is -2.51. The van der Waals surface area contributed by atoms with Gasteiger partial charge in [-0.05, 0) is 93.6 Å². The first-order valence-electron chi connectivity index (χ1n) is 12.9. The number of nitrogens with one attached hydrogen (secondary N) is 1. The maximum atomic E-state index is 13.1. The molecule has 4 heterocycles. The van der Waals surface area contributed by atoms with Gasteiger partial charge in [0.15, 0.2) is 0 Å². The van der Waals surface area contributed by atoms with E-state index in [0.29, 0.717) is 18.4 Å². The van der Waals surface area contributed by atoms with Crippen LogP contribution in [0.5, 0.6) is 0 Å². The Morgan fingerprint density at radius 2 is 1.43 bits per heavy atom. The van der Waals surface area contributed by atoms with Crippen LogP contribution in [-0.4, -0.2) is 75.9 Å². The highest BCUT2D eigenvalue weighted by Gasteiger charge is 2.29. The fraction of sp³-hybridized carbons (Fsp3) is 0.640. The van der Waals surface area contributed by atoms with Gasteiger partial charge in [0.05, 0.1) is 0 Å². The minimum absolute atomic E-state index is 0.256. The second-order valence-corrected chi connectivity index (χ2v) is 11.4. The van der Waals surface area contributed by atoms with Crippen LogP contribution in [0.15, 0.2) is 24.5 Å². The van der Waals surface area contributed by atoms with E-state index in [4.69, 9.17) is 27.9 Å². The van der Waals surface area contributed by atoms with Crippen LogP contribution in [0.1, 0.15) is 46.5 Å². The molecule has 0 aromatic carbocycles. The quantitative estimate of drug-likeness (QED) is 0.395. The Bertz CT molecular complexity index is 1040. The summed E-state index contributed by atoms with van der Waals surface area (Å²) in [6.45, 7) is 10.5. The van der Waals surface area contributed by atoms with Crippen LogP contribution in [0.2, 0.25) is 10.6 Å². The van der Waals surface area contributed by atoms with Gasteiger partial charge < -0.3 is 14.5 Å². The van der Waals surface area contributed by atoms with Gasteiger partial charge in [0.1, 0.15) is 17.2 Å². The molecular formula is C25H36Cl2N8O2. The molecule has 0 saturated carbocycles. The summed E-state index contributed by atoms with van der Waals surface area (Å²) in [4.78, 5) is 34.1. The molecule has 0 spiro atoms. The molecule has 1 amide bonds. The van der Waals surface area contributed by atoms with E-state index in [-0.39, 0.29) is 16.7 Å². The largest absolute Gasteiger partial charge is 0.443 e. The number of halogens is 2. The highest BCUT2D eigenvalue weighted by molar-refractivity contribution is 6.28. The van der Waals surface area contributed by atoms with Gasteiger partial charge in [0, 0.05) is 51.7 Å². The average molecular weight is 552 g/mol. The zero-order chi connectivity index (χ0) is 26.4. The SMILES string of the molecule is CC(C)(C)OC(=O)N(CC1CCN(c2ccnc(Cl)n2)CC1)NCC1CCN(c2ccnc(Cl)n2)CC1. The van der Waals surface area contributed by atoms with E-state index in [1.165, 1.54) is 0 Å². The van der Waals surface area contributed by atoms with Crippen molar-refractivity contribution in [2.24, 2.45) is 11.8 Å². The molecule has 0 aliphatic carbocycles. The van der Waals surface area contributed by atoms with Gasteiger partial charge in [0.2, 0.25) is 10.6 Å². The number of rotatable bonds is 7. The molecule has 202 valence electrons. The highest BCUT2D eigenvalue weighted by Crippen LogP contribution is 2.25. The molecule has 0 radical (unpaired) electrons. The number of amides is 1. The molecule has 2 aliphatic heterocycles. The van der Waals surface area contributed by atoms with Gasteiger partial charge in [-0.25, -0.2) is 35.2 Å². The number of hydrogen-bond acceptors (Lipinski definition) is 9. The van der Waals surface area contributed by atoms with Gasteiger partial charge in [-0.2, -0.15) is 0 Å². The molecule has 12 heteroatoms. The predicted molar refractivity (Wildman–Crippen MR) is 145 cm³/mol. The predicted octanol–water partition coefficient (Wildman–Crippen LogP) is 4.45. The summed E-state index contributed by atoms with van der Waals surface area (Å²) >= 11 is 11.9. The summed E-state index contributed by atoms with van der Waals surface area (Å²) < 4.78 is 5.72. The van der Waals surface area contributed by atoms with Gasteiger partial charge >= 0.3 is 6.09 Å². The summed E-state index contributed by atoms with van der Waals surface area (Å²) in [6, 6.07) is 3.77. The standard InChI is InChI=1S/C25H36Cl2N8O2/c1-25(2,3)37-24(36)35(17-19-8-14-34(15-9-19)21-5-11-29-23(27)32-21)30-16-18-6-12-33(13-7-18)20-4-10-28-22(26)31-20/h4-5,10-11,18-19,30H,6-9,12-17H2,1-3H3. The summed E-state index contributed by atoms with van der Waals surface area (Å²) in [5.74, 6) is 2.51. The number of anilines is 2. The molecule has 37 heavy (non-hydrogen) atoms. The molecule has 0 atom stereocenters. The van der Waals surface area contributed by atoms with Crippen molar-refractivity contribution >= 4 is 40.9 Å². The van der Waals surface area contributed by atoms with Gasteiger partial charge in [0.25, 0.3) is 0 Å². The summed E-state index contributed by atoms with van der Waals surface area (Å²) in [5.41, 5.74) is 2.86. The third kappa shape index (κ3) is 8.28. The Morgan fingerprint density at radius 1 is 0.946 bits per heavy atom. The van der Waals surface area contributed by atoms with Crippen molar-refractivity contribution in [2.45, 2.75) is 52.1 Å². The molecule has 0 unspecified atom stereocenters. The third-order valence-electron chi connectivity index (χ3n) is 6.73. The smallest absolute Gasteiger partial charge is 0.424 e.